The molecule has 21 heavy (non-hydrogen) atoms. The standard InChI is InChI=1S/C16H19BrO4/c1-2-10-11(16(4-5-16)9-13(18)19)8-12(17)15-14(10)20-6-3-7-21-15/h8H,2-7,9H2,1H3,(H,18,19). The van der Waals surface area contributed by atoms with E-state index in [0.717, 1.165) is 52.8 Å². The van der Waals surface area contributed by atoms with Gasteiger partial charge in [-0.05, 0) is 46.8 Å². The summed E-state index contributed by atoms with van der Waals surface area (Å²) in [6.45, 7) is 3.37. The number of benzene rings is 1. The van der Waals surface area contributed by atoms with E-state index in [1.54, 1.807) is 0 Å². The predicted octanol–water partition coefficient (Wildman–Crippen LogP) is 3.68. The second-order valence-electron chi connectivity index (χ2n) is 5.80. The van der Waals surface area contributed by atoms with Gasteiger partial charge in [0, 0.05) is 17.4 Å². The number of ether oxygens (including phenoxy) is 2. The number of hydrogen-bond donors (Lipinski definition) is 1. The van der Waals surface area contributed by atoms with Crippen LogP contribution in [0.15, 0.2) is 10.5 Å². The van der Waals surface area contributed by atoms with Crippen LogP contribution in [0.2, 0.25) is 0 Å². The average Bonchev–Trinajstić information content (AvgIpc) is 3.22. The highest BCUT2D eigenvalue weighted by Crippen LogP contribution is 2.56. The number of carbonyl (C=O) groups is 1. The van der Waals surface area contributed by atoms with Crippen molar-refractivity contribution in [2.75, 3.05) is 13.2 Å². The molecule has 2 aliphatic rings. The Morgan fingerprint density at radius 2 is 2.00 bits per heavy atom. The summed E-state index contributed by atoms with van der Waals surface area (Å²) in [4.78, 5) is 11.2. The Morgan fingerprint density at radius 3 is 2.57 bits per heavy atom. The van der Waals surface area contributed by atoms with Crippen LogP contribution in [0.1, 0.15) is 43.7 Å². The fourth-order valence-electron chi connectivity index (χ4n) is 3.15. The Morgan fingerprint density at radius 1 is 1.33 bits per heavy atom. The molecule has 4 nitrogen and oxygen atoms in total. The topological polar surface area (TPSA) is 55.8 Å². The van der Waals surface area contributed by atoms with Crippen molar-refractivity contribution in [3.63, 3.8) is 0 Å². The van der Waals surface area contributed by atoms with Gasteiger partial charge in [-0.15, -0.1) is 0 Å². The van der Waals surface area contributed by atoms with Crippen LogP contribution in [0.5, 0.6) is 11.5 Å². The monoisotopic (exact) mass is 354 g/mol. The Kier molecular flexibility index (Phi) is 3.86. The first-order chi connectivity index (χ1) is 10.1. The summed E-state index contributed by atoms with van der Waals surface area (Å²) < 4.78 is 12.6. The van der Waals surface area contributed by atoms with E-state index in [2.05, 4.69) is 22.9 Å². The zero-order valence-electron chi connectivity index (χ0n) is 12.1. The fourth-order valence-corrected chi connectivity index (χ4v) is 3.67. The van der Waals surface area contributed by atoms with Gasteiger partial charge >= 0.3 is 5.97 Å². The van der Waals surface area contributed by atoms with Gasteiger partial charge in [0.2, 0.25) is 0 Å². The molecule has 1 heterocycles. The molecule has 0 amide bonds. The number of halogens is 1. The zero-order valence-corrected chi connectivity index (χ0v) is 13.7. The van der Waals surface area contributed by atoms with Crippen molar-refractivity contribution in [3.8, 4) is 11.5 Å². The normalized spacial score (nSPS) is 19.0. The molecule has 1 saturated carbocycles. The molecular formula is C16H19BrO4. The van der Waals surface area contributed by atoms with E-state index < -0.39 is 5.97 Å². The van der Waals surface area contributed by atoms with E-state index >= 15 is 0 Å². The number of carboxylic acids is 1. The predicted molar refractivity (Wildman–Crippen MR) is 82.3 cm³/mol. The first kappa shape index (κ1) is 14.7. The first-order valence-corrected chi connectivity index (χ1v) is 8.20. The van der Waals surface area contributed by atoms with E-state index in [4.69, 9.17) is 9.47 Å². The van der Waals surface area contributed by atoms with E-state index in [1.807, 2.05) is 6.07 Å². The zero-order chi connectivity index (χ0) is 15.0. The number of rotatable bonds is 4. The van der Waals surface area contributed by atoms with Crippen LogP contribution in [0, 0.1) is 0 Å². The van der Waals surface area contributed by atoms with Gasteiger partial charge in [0.1, 0.15) is 0 Å². The molecule has 1 aromatic carbocycles. The van der Waals surface area contributed by atoms with Crippen molar-refractivity contribution in [3.05, 3.63) is 21.7 Å². The molecule has 1 aliphatic heterocycles. The summed E-state index contributed by atoms with van der Waals surface area (Å²) in [6.07, 6.45) is 3.72. The van der Waals surface area contributed by atoms with Gasteiger partial charge < -0.3 is 14.6 Å². The van der Waals surface area contributed by atoms with Gasteiger partial charge in [0.05, 0.1) is 24.1 Å². The van der Waals surface area contributed by atoms with Gasteiger partial charge in [-0.1, -0.05) is 6.92 Å². The van der Waals surface area contributed by atoms with Gasteiger partial charge in [-0.25, -0.2) is 0 Å². The Hall–Kier alpha value is -1.23. The Labute approximate surface area is 132 Å². The quantitative estimate of drug-likeness (QED) is 0.895. The minimum atomic E-state index is -0.738. The highest BCUT2D eigenvalue weighted by molar-refractivity contribution is 9.10. The average molecular weight is 355 g/mol. The molecule has 1 aliphatic carbocycles. The molecule has 3 rings (SSSR count). The van der Waals surface area contributed by atoms with Crippen LogP contribution in [-0.2, 0) is 16.6 Å². The lowest BCUT2D eigenvalue weighted by molar-refractivity contribution is -0.137. The van der Waals surface area contributed by atoms with Gasteiger partial charge in [0.25, 0.3) is 0 Å². The maximum Gasteiger partial charge on any atom is 0.304 e. The van der Waals surface area contributed by atoms with Crippen LogP contribution in [0.3, 0.4) is 0 Å². The van der Waals surface area contributed by atoms with Crippen molar-refractivity contribution in [1.29, 1.82) is 0 Å². The highest BCUT2D eigenvalue weighted by Gasteiger charge is 2.48. The molecule has 0 radical (unpaired) electrons. The van der Waals surface area contributed by atoms with Crippen LogP contribution in [-0.4, -0.2) is 24.3 Å². The van der Waals surface area contributed by atoms with Gasteiger partial charge in [0.15, 0.2) is 11.5 Å². The number of aliphatic carboxylic acids is 1. The van der Waals surface area contributed by atoms with E-state index in [9.17, 15) is 9.90 Å². The summed E-state index contributed by atoms with van der Waals surface area (Å²) in [6, 6.07) is 2.04. The lowest BCUT2D eigenvalue weighted by atomic mass is 9.87. The van der Waals surface area contributed by atoms with Crippen molar-refractivity contribution in [2.45, 2.75) is 44.4 Å². The smallest absolute Gasteiger partial charge is 0.304 e. The lowest BCUT2D eigenvalue weighted by Crippen LogP contribution is -2.16. The summed E-state index contributed by atoms with van der Waals surface area (Å²) in [5.74, 6) is 0.827. The number of carboxylic acid groups (broad SMARTS) is 1. The number of fused-ring (bicyclic) bond motifs is 1. The highest BCUT2D eigenvalue weighted by atomic mass is 79.9. The molecule has 0 bridgehead atoms. The molecular weight excluding hydrogens is 336 g/mol. The van der Waals surface area contributed by atoms with Crippen LogP contribution >= 0.6 is 15.9 Å². The molecule has 1 aromatic rings. The summed E-state index contributed by atoms with van der Waals surface area (Å²) >= 11 is 3.56. The molecule has 114 valence electrons. The number of hydrogen-bond acceptors (Lipinski definition) is 3. The third-order valence-corrected chi connectivity index (χ3v) is 4.93. The molecule has 0 unspecified atom stereocenters. The second kappa shape index (κ2) is 5.52. The maximum atomic E-state index is 11.2. The van der Waals surface area contributed by atoms with E-state index in [1.165, 1.54) is 0 Å². The van der Waals surface area contributed by atoms with Crippen molar-refractivity contribution < 1.29 is 19.4 Å². The molecule has 1 N–H and O–H groups in total. The van der Waals surface area contributed by atoms with Crippen LogP contribution in [0.25, 0.3) is 0 Å². The van der Waals surface area contributed by atoms with E-state index in [-0.39, 0.29) is 11.8 Å². The second-order valence-corrected chi connectivity index (χ2v) is 6.65. The lowest BCUT2D eigenvalue weighted by Gasteiger charge is -2.22. The Balaban J connectivity index is 2.11. The third-order valence-electron chi connectivity index (χ3n) is 4.34. The molecule has 0 atom stereocenters. The minimum absolute atomic E-state index is 0.187. The third kappa shape index (κ3) is 2.63. The van der Waals surface area contributed by atoms with Crippen molar-refractivity contribution in [1.82, 2.24) is 0 Å². The van der Waals surface area contributed by atoms with Gasteiger partial charge in [-0.2, -0.15) is 0 Å². The maximum absolute atomic E-state index is 11.2. The molecule has 1 fully saturated rings. The summed E-state index contributed by atoms with van der Waals surface area (Å²) in [5, 5.41) is 9.20. The van der Waals surface area contributed by atoms with Crippen molar-refractivity contribution in [2.24, 2.45) is 0 Å². The summed E-state index contributed by atoms with van der Waals surface area (Å²) in [7, 11) is 0. The molecule has 0 spiro atoms. The van der Waals surface area contributed by atoms with Crippen LogP contribution < -0.4 is 9.47 Å². The van der Waals surface area contributed by atoms with E-state index in [0.29, 0.717) is 13.2 Å². The molecule has 5 heteroatoms. The van der Waals surface area contributed by atoms with Gasteiger partial charge in [-0.3, -0.25) is 4.79 Å². The molecule has 0 saturated heterocycles. The summed E-state index contributed by atoms with van der Waals surface area (Å²) in [5.41, 5.74) is 2.00. The minimum Gasteiger partial charge on any atom is -0.489 e. The first-order valence-electron chi connectivity index (χ1n) is 7.40. The largest absolute Gasteiger partial charge is 0.489 e. The Bertz CT molecular complexity index is 578. The van der Waals surface area contributed by atoms with Crippen LogP contribution in [0.4, 0.5) is 0 Å². The van der Waals surface area contributed by atoms with Crippen molar-refractivity contribution >= 4 is 21.9 Å². The SMILES string of the molecule is CCc1c(C2(CC(=O)O)CC2)cc(Br)c2c1OCCCO2. The fraction of sp³-hybridized carbons (Fsp3) is 0.562. The molecule has 0 aromatic heterocycles.